The van der Waals surface area contributed by atoms with Crippen LogP contribution >= 0.6 is 0 Å². The Hall–Kier alpha value is -0.410. The fourth-order valence-corrected chi connectivity index (χ4v) is 1.85. The zero-order valence-electron chi connectivity index (χ0n) is 9.21. The van der Waals surface area contributed by atoms with E-state index in [0.29, 0.717) is 24.7 Å². The van der Waals surface area contributed by atoms with Crippen molar-refractivity contribution in [3.63, 3.8) is 0 Å². The molecular weight excluding hydrogens is 178 g/mol. The molecule has 1 aliphatic rings. The average Bonchev–Trinajstić information content (AvgIpc) is 2.19. The summed E-state index contributed by atoms with van der Waals surface area (Å²) in [5.41, 5.74) is 0. The van der Waals surface area contributed by atoms with Gasteiger partial charge in [-0.1, -0.05) is 26.7 Å². The fourth-order valence-electron chi connectivity index (χ4n) is 1.85. The lowest BCUT2D eigenvalue weighted by molar-refractivity contribution is -0.124. The summed E-state index contributed by atoms with van der Waals surface area (Å²) in [5.74, 6) is 0.821. The van der Waals surface area contributed by atoms with Crippen LogP contribution < -0.4 is 5.32 Å². The smallest absolute Gasteiger partial charge is 0.152 e. The molecule has 0 bridgehead atoms. The number of ketones is 1. The number of nitrogens with one attached hydrogen (secondary N) is 1. The monoisotopic (exact) mass is 199 g/mol. The second kappa shape index (κ2) is 6.14. The Bertz CT molecular complexity index is 176. The van der Waals surface area contributed by atoms with Gasteiger partial charge in [-0.3, -0.25) is 4.79 Å². The number of hydrogen-bond acceptors (Lipinski definition) is 3. The van der Waals surface area contributed by atoms with Gasteiger partial charge in [0.2, 0.25) is 0 Å². The summed E-state index contributed by atoms with van der Waals surface area (Å²) in [6.45, 7) is 6.39. The van der Waals surface area contributed by atoms with E-state index in [1.165, 1.54) is 0 Å². The van der Waals surface area contributed by atoms with Crippen molar-refractivity contribution in [1.29, 1.82) is 0 Å². The van der Waals surface area contributed by atoms with E-state index in [2.05, 4.69) is 19.2 Å². The highest BCUT2D eigenvalue weighted by atomic mass is 16.5. The molecule has 0 saturated carbocycles. The van der Waals surface area contributed by atoms with Gasteiger partial charge < -0.3 is 10.1 Å². The third-order valence-corrected chi connectivity index (χ3v) is 2.64. The van der Waals surface area contributed by atoms with Crippen LogP contribution in [0.2, 0.25) is 0 Å². The highest BCUT2D eigenvalue weighted by molar-refractivity contribution is 5.84. The van der Waals surface area contributed by atoms with E-state index in [9.17, 15) is 4.79 Å². The first kappa shape index (κ1) is 11.7. The van der Waals surface area contributed by atoms with Gasteiger partial charge in [0.1, 0.15) is 0 Å². The standard InChI is InChI=1S/C11H21NO2/c1-3-4-9(2)7-11(13)10-8-14-6-5-12-10/h9-10,12H,3-8H2,1-2H3. The van der Waals surface area contributed by atoms with Crippen LogP contribution in [-0.2, 0) is 9.53 Å². The Morgan fingerprint density at radius 1 is 1.64 bits per heavy atom. The molecule has 0 aromatic carbocycles. The van der Waals surface area contributed by atoms with Crippen molar-refractivity contribution < 1.29 is 9.53 Å². The van der Waals surface area contributed by atoms with E-state index in [4.69, 9.17) is 4.74 Å². The van der Waals surface area contributed by atoms with E-state index in [1.807, 2.05) is 0 Å². The quantitative estimate of drug-likeness (QED) is 0.726. The summed E-state index contributed by atoms with van der Waals surface area (Å²) >= 11 is 0. The molecule has 1 N–H and O–H groups in total. The van der Waals surface area contributed by atoms with E-state index >= 15 is 0 Å². The second-order valence-electron chi connectivity index (χ2n) is 4.15. The number of carbonyl (C=O) groups excluding carboxylic acids is 1. The predicted octanol–water partition coefficient (Wildman–Crippen LogP) is 1.37. The highest BCUT2D eigenvalue weighted by Gasteiger charge is 2.22. The SMILES string of the molecule is CCCC(C)CC(=O)C1COCCN1. The van der Waals surface area contributed by atoms with Gasteiger partial charge in [-0.2, -0.15) is 0 Å². The van der Waals surface area contributed by atoms with Crippen LogP contribution in [0.3, 0.4) is 0 Å². The van der Waals surface area contributed by atoms with E-state index in [1.54, 1.807) is 0 Å². The van der Waals surface area contributed by atoms with E-state index < -0.39 is 0 Å². The minimum Gasteiger partial charge on any atom is -0.378 e. The molecule has 2 unspecified atom stereocenters. The average molecular weight is 199 g/mol. The molecule has 1 fully saturated rings. The zero-order chi connectivity index (χ0) is 10.4. The van der Waals surface area contributed by atoms with Crippen molar-refractivity contribution in [1.82, 2.24) is 5.32 Å². The van der Waals surface area contributed by atoms with Crippen LogP contribution in [-0.4, -0.2) is 31.6 Å². The molecule has 0 aliphatic carbocycles. The van der Waals surface area contributed by atoms with Crippen LogP contribution in [0.25, 0.3) is 0 Å². The number of Topliss-reactive ketones (excluding diaryl/α,β-unsaturated/α-hetero) is 1. The highest BCUT2D eigenvalue weighted by Crippen LogP contribution is 2.12. The third kappa shape index (κ3) is 3.76. The molecule has 1 rings (SSSR count). The lowest BCUT2D eigenvalue weighted by Crippen LogP contribution is -2.46. The lowest BCUT2D eigenvalue weighted by atomic mass is 9.96. The van der Waals surface area contributed by atoms with Crippen LogP contribution in [0.15, 0.2) is 0 Å². The van der Waals surface area contributed by atoms with Gasteiger partial charge in [-0.15, -0.1) is 0 Å². The first-order valence-corrected chi connectivity index (χ1v) is 5.58. The minimum atomic E-state index is -0.0527. The molecule has 3 heteroatoms. The normalized spacial score (nSPS) is 24.6. The Kier molecular flexibility index (Phi) is 5.12. The molecule has 2 atom stereocenters. The van der Waals surface area contributed by atoms with Crippen molar-refractivity contribution in [2.75, 3.05) is 19.8 Å². The maximum atomic E-state index is 11.7. The first-order valence-electron chi connectivity index (χ1n) is 5.58. The molecule has 0 radical (unpaired) electrons. The van der Waals surface area contributed by atoms with Crippen molar-refractivity contribution in [2.24, 2.45) is 5.92 Å². The largest absolute Gasteiger partial charge is 0.378 e. The topological polar surface area (TPSA) is 38.3 Å². The molecule has 0 spiro atoms. The first-order chi connectivity index (χ1) is 6.74. The number of morpholine rings is 1. The van der Waals surface area contributed by atoms with Crippen LogP contribution in [0.4, 0.5) is 0 Å². The van der Waals surface area contributed by atoms with Gasteiger partial charge in [0.25, 0.3) is 0 Å². The Labute approximate surface area is 86.2 Å². The van der Waals surface area contributed by atoms with Gasteiger partial charge in [0.05, 0.1) is 19.3 Å². The van der Waals surface area contributed by atoms with Gasteiger partial charge in [-0.05, 0) is 5.92 Å². The van der Waals surface area contributed by atoms with Crippen molar-refractivity contribution in [2.45, 2.75) is 39.2 Å². The van der Waals surface area contributed by atoms with Crippen LogP contribution in [0, 0.1) is 5.92 Å². The van der Waals surface area contributed by atoms with Crippen molar-refractivity contribution in [3.05, 3.63) is 0 Å². The Balaban J connectivity index is 2.25. The Morgan fingerprint density at radius 3 is 3.00 bits per heavy atom. The lowest BCUT2D eigenvalue weighted by Gasteiger charge is -2.23. The maximum absolute atomic E-state index is 11.7. The summed E-state index contributed by atoms with van der Waals surface area (Å²) in [5, 5.41) is 3.19. The van der Waals surface area contributed by atoms with Crippen molar-refractivity contribution >= 4 is 5.78 Å². The van der Waals surface area contributed by atoms with Crippen molar-refractivity contribution in [3.8, 4) is 0 Å². The summed E-state index contributed by atoms with van der Waals surface area (Å²) in [6, 6.07) is -0.0527. The van der Waals surface area contributed by atoms with E-state index in [-0.39, 0.29) is 6.04 Å². The van der Waals surface area contributed by atoms with Gasteiger partial charge in [0, 0.05) is 13.0 Å². The number of carbonyl (C=O) groups is 1. The molecule has 1 aliphatic heterocycles. The van der Waals surface area contributed by atoms with Crippen LogP contribution in [0.1, 0.15) is 33.1 Å². The molecule has 1 saturated heterocycles. The number of ether oxygens (including phenoxy) is 1. The second-order valence-corrected chi connectivity index (χ2v) is 4.15. The summed E-state index contributed by atoms with van der Waals surface area (Å²) in [6.07, 6.45) is 2.98. The minimum absolute atomic E-state index is 0.0527. The molecule has 3 nitrogen and oxygen atoms in total. The van der Waals surface area contributed by atoms with Gasteiger partial charge in [-0.25, -0.2) is 0 Å². The fraction of sp³-hybridized carbons (Fsp3) is 0.909. The predicted molar refractivity (Wildman–Crippen MR) is 56.3 cm³/mol. The van der Waals surface area contributed by atoms with E-state index in [0.717, 1.165) is 26.0 Å². The summed E-state index contributed by atoms with van der Waals surface area (Å²) in [4.78, 5) is 11.7. The molecule has 0 aromatic rings. The molecule has 14 heavy (non-hydrogen) atoms. The zero-order valence-corrected chi connectivity index (χ0v) is 9.21. The van der Waals surface area contributed by atoms with Gasteiger partial charge in [0.15, 0.2) is 5.78 Å². The summed E-state index contributed by atoms with van der Waals surface area (Å²) in [7, 11) is 0. The van der Waals surface area contributed by atoms with Gasteiger partial charge >= 0.3 is 0 Å². The molecule has 82 valence electrons. The number of hydrogen-bond donors (Lipinski definition) is 1. The van der Waals surface area contributed by atoms with Crippen LogP contribution in [0.5, 0.6) is 0 Å². The molecule has 0 aromatic heterocycles. The molecule has 0 amide bonds. The molecule has 1 heterocycles. The molecular formula is C11H21NO2. The summed E-state index contributed by atoms with van der Waals surface area (Å²) < 4.78 is 5.26. The maximum Gasteiger partial charge on any atom is 0.152 e. The third-order valence-electron chi connectivity index (χ3n) is 2.64. The number of rotatable bonds is 5. The Morgan fingerprint density at radius 2 is 2.43 bits per heavy atom.